The van der Waals surface area contributed by atoms with Gasteiger partial charge in [-0.25, -0.2) is 0 Å². The highest BCUT2D eigenvalue weighted by atomic mass is 16.4. The first kappa shape index (κ1) is 55.2. The SMILES string of the molecule is CC(C)C[C@@H](N)C(=O)N[C@H](CCCN)CN[C@H](CCCCNC(=O)[C@@H](CCCCN)NC(=O)[C@@H](CC(C)C)NC(=O)[C@@H](Cc1ccccc1)NC(=O)[C@H](N)Cc1ccccc1)C(=O)O. The molecule has 0 radical (unpaired) electrons. The van der Waals surface area contributed by atoms with E-state index in [-0.39, 0.29) is 62.6 Å². The zero-order valence-corrected chi connectivity index (χ0v) is 38.5. The standard InChI is InChI=1S/C47H78N10O7/c1-31(2)26-36(50)42(58)54-35(20-15-24-49)30-53-39(47(63)64)22-12-14-25-52-44(60)38(21-11-13-23-48)55-45(61)40(27-32(3)4)57-46(62)41(29-34-18-9-6-10-19-34)56-43(59)37(51)28-33-16-7-5-8-17-33/h5-10,16-19,31-32,35-41,53H,11-15,20-30,48-51H2,1-4H3,(H,52,60)(H,54,58)(H,55,61)(H,56,59)(H,57,62)(H,63,64)/t35-,36-,37-,38-,39-,40-,41-/m1/s1. The Morgan fingerprint density at radius 3 is 1.62 bits per heavy atom. The Balaban J connectivity index is 2.07. The number of carboxylic acids is 1. The topological polar surface area (TPSA) is 299 Å². The molecule has 2 aromatic carbocycles. The molecule has 0 heterocycles. The van der Waals surface area contributed by atoms with Crippen molar-refractivity contribution in [2.45, 2.75) is 147 Å². The van der Waals surface area contributed by atoms with Crippen molar-refractivity contribution in [3.8, 4) is 0 Å². The molecule has 0 aromatic heterocycles. The highest BCUT2D eigenvalue weighted by Gasteiger charge is 2.31. The third-order valence-electron chi connectivity index (χ3n) is 10.8. The highest BCUT2D eigenvalue weighted by molar-refractivity contribution is 5.95. The van der Waals surface area contributed by atoms with Crippen LogP contribution in [0.25, 0.3) is 0 Å². The van der Waals surface area contributed by atoms with Crippen molar-refractivity contribution in [2.24, 2.45) is 34.8 Å². The van der Waals surface area contributed by atoms with Crippen molar-refractivity contribution in [3.63, 3.8) is 0 Å². The zero-order valence-electron chi connectivity index (χ0n) is 38.5. The molecule has 64 heavy (non-hydrogen) atoms. The number of amides is 5. The molecule has 0 aliphatic carbocycles. The third-order valence-corrected chi connectivity index (χ3v) is 10.8. The summed E-state index contributed by atoms with van der Waals surface area (Å²) in [5.41, 5.74) is 25.5. The van der Waals surface area contributed by atoms with Gasteiger partial charge in [0.1, 0.15) is 24.2 Å². The van der Waals surface area contributed by atoms with Gasteiger partial charge in [0.25, 0.3) is 0 Å². The number of hydrogen-bond acceptors (Lipinski definition) is 11. The van der Waals surface area contributed by atoms with Gasteiger partial charge in [-0.1, -0.05) is 88.4 Å². The first-order valence-electron chi connectivity index (χ1n) is 23.0. The van der Waals surface area contributed by atoms with Crippen LogP contribution in [0, 0.1) is 11.8 Å². The summed E-state index contributed by atoms with van der Waals surface area (Å²) in [6.07, 6.45) is 5.12. The van der Waals surface area contributed by atoms with Gasteiger partial charge >= 0.3 is 5.97 Å². The molecule has 17 nitrogen and oxygen atoms in total. The Morgan fingerprint density at radius 1 is 0.531 bits per heavy atom. The molecule has 0 fully saturated rings. The van der Waals surface area contributed by atoms with Crippen LogP contribution in [-0.4, -0.2) is 109 Å². The van der Waals surface area contributed by atoms with Crippen LogP contribution in [0.15, 0.2) is 60.7 Å². The highest BCUT2D eigenvalue weighted by Crippen LogP contribution is 2.12. The quantitative estimate of drug-likeness (QED) is 0.0453. The number of benzene rings is 2. The molecule has 0 saturated carbocycles. The Morgan fingerprint density at radius 2 is 1.05 bits per heavy atom. The summed E-state index contributed by atoms with van der Waals surface area (Å²) in [5.74, 6) is -3.12. The van der Waals surface area contributed by atoms with Crippen molar-refractivity contribution in [2.75, 3.05) is 26.2 Å². The Kier molecular flexibility index (Phi) is 26.8. The van der Waals surface area contributed by atoms with Gasteiger partial charge in [-0.2, -0.15) is 0 Å². The molecule has 15 N–H and O–H groups in total. The number of carbonyl (C=O) groups excluding carboxylic acids is 5. The van der Waals surface area contributed by atoms with Crippen LogP contribution < -0.4 is 54.8 Å². The number of unbranched alkanes of at least 4 members (excludes halogenated alkanes) is 2. The van der Waals surface area contributed by atoms with E-state index in [4.69, 9.17) is 22.9 Å². The summed E-state index contributed by atoms with van der Waals surface area (Å²) in [6.45, 7) is 9.08. The van der Waals surface area contributed by atoms with Gasteiger partial charge in [0.05, 0.1) is 12.1 Å². The van der Waals surface area contributed by atoms with E-state index in [1.54, 1.807) is 0 Å². The fourth-order valence-electron chi connectivity index (χ4n) is 7.23. The van der Waals surface area contributed by atoms with E-state index in [9.17, 15) is 33.9 Å². The summed E-state index contributed by atoms with van der Waals surface area (Å²) in [5, 5.41) is 27.4. The molecule has 0 saturated heterocycles. The maximum Gasteiger partial charge on any atom is 0.320 e. The number of carbonyl (C=O) groups is 6. The van der Waals surface area contributed by atoms with Crippen LogP contribution in [0.1, 0.15) is 103 Å². The molecule has 0 aliphatic rings. The molecule has 0 bridgehead atoms. The predicted molar refractivity (Wildman–Crippen MR) is 250 cm³/mol. The third kappa shape index (κ3) is 22.6. The van der Waals surface area contributed by atoms with Gasteiger partial charge in [0.2, 0.25) is 29.5 Å². The van der Waals surface area contributed by atoms with Gasteiger partial charge in [-0.15, -0.1) is 0 Å². The second kappa shape index (κ2) is 31.0. The van der Waals surface area contributed by atoms with E-state index in [1.807, 2.05) is 88.4 Å². The van der Waals surface area contributed by atoms with Crippen LogP contribution in [0.2, 0.25) is 0 Å². The fourth-order valence-corrected chi connectivity index (χ4v) is 7.23. The Hall–Kier alpha value is -4.94. The molecule has 2 rings (SSSR count). The number of carboxylic acid groups (broad SMARTS) is 1. The number of rotatable bonds is 33. The Bertz CT molecular complexity index is 1680. The van der Waals surface area contributed by atoms with Crippen molar-refractivity contribution < 1.29 is 33.9 Å². The van der Waals surface area contributed by atoms with Gasteiger partial charge in [0, 0.05) is 25.6 Å². The molecule has 7 atom stereocenters. The molecule has 17 heteroatoms. The van der Waals surface area contributed by atoms with Gasteiger partial charge in [-0.05, 0) is 107 Å². The zero-order chi connectivity index (χ0) is 47.4. The van der Waals surface area contributed by atoms with Crippen LogP contribution in [0.4, 0.5) is 0 Å². The van der Waals surface area contributed by atoms with Crippen molar-refractivity contribution in [1.29, 1.82) is 0 Å². The van der Waals surface area contributed by atoms with E-state index < -0.39 is 65.8 Å². The summed E-state index contributed by atoms with van der Waals surface area (Å²) in [6, 6.07) is 12.7. The average Bonchev–Trinajstić information content (AvgIpc) is 3.25. The molecule has 358 valence electrons. The predicted octanol–water partition coefficient (Wildman–Crippen LogP) is 1.35. The minimum atomic E-state index is -1.05. The van der Waals surface area contributed by atoms with Crippen LogP contribution >= 0.6 is 0 Å². The largest absolute Gasteiger partial charge is 0.480 e. The second-order valence-electron chi connectivity index (χ2n) is 17.5. The molecular formula is C47H78N10O7. The molecule has 5 amide bonds. The normalized spacial score (nSPS) is 14.7. The van der Waals surface area contributed by atoms with E-state index in [2.05, 4.69) is 31.9 Å². The first-order valence-corrected chi connectivity index (χ1v) is 23.0. The minimum absolute atomic E-state index is 0.0188. The molecule has 2 aromatic rings. The van der Waals surface area contributed by atoms with Crippen LogP contribution in [0.3, 0.4) is 0 Å². The number of aliphatic carboxylic acids is 1. The maximum atomic E-state index is 14.0. The van der Waals surface area contributed by atoms with E-state index in [1.165, 1.54) is 0 Å². The number of nitrogens with two attached hydrogens (primary N) is 4. The summed E-state index contributed by atoms with van der Waals surface area (Å²) >= 11 is 0. The Labute approximate surface area is 380 Å². The van der Waals surface area contributed by atoms with Crippen molar-refractivity contribution in [1.82, 2.24) is 31.9 Å². The summed E-state index contributed by atoms with van der Waals surface area (Å²) < 4.78 is 0. The van der Waals surface area contributed by atoms with E-state index >= 15 is 0 Å². The maximum absolute atomic E-state index is 14.0. The van der Waals surface area contributed by atoms with Gasteiger partial charge in [0.15, 0.2) is 0 Å². The molecule has 0 unspecified atom stereocenters. The second-order valence-corrected chi connectivity index (χ2v) is 17.5. The number of nitrogens with one attached hydrogen (secondary N) is 6. The minimum Gasteiger partial charge on any atom is -0.480 e. The molecule has 0 spiro atoms. The van der Waals surface area contributed by atoms with Crippen LogP contribution in [-0.2, 0) is 41.6 Å². The monoisotopic (exact) mass is 895 g/mol. The molecule has 0 aliphatic heterocycles. The van der Waals surface area contributed by atoms with Crippen molar-refractivity contribution >= 4 is 35.5 Å². The fraction of sp³-hybridized carbons (Fsp3) is 0.617. The average molecular weight is 895 g/mol. The van der Waals surface area contributed by atoms with E-state index in [0.717, 1.165) is 11.1 Å². The smallest absolute Gasteiger partial charge is 0.320 e. The van der Waals surface area contributed by atoms with Crippen LogP contribution in [0.5, 0.6) is 0 Å². The summed E-state index contributed by atoms with van der Waals surface area (Å²) in [7, 11) is 0. The lowest BCUT2D eigenvalue weighted by Crippen LogP contribution is -2.58. The van der Waals surface area contributed by atoms with E-state index in [0.29, 0.717) is 64.5 Å². The summed E-state index contributed by atoms with van der Waals surface area (Å²) in [4.78, 5) is 79.7. The van der Waals surface area contributed by atoms with Gasteiger partial charge in [-0.3, -0.25) is 28.8 Å². The van der Waals surface area contributed by atoms with Crippen molar-refractivity contribution in [3.05, 3.63) is 71.8 Å². The lowest BCUT2D eigenvalue weighted by molar-refractivity contribution is -0.139. The molecular weight excluding hydrogens is 817 g/mol. The lowest BCUT2D eigenvalue weighted by Gasteiger charge is -2.27. The first-order chi connectivity index (χ1) is 30.5. The van der Waals surface area contributed by atoms with Gasteiger partial charge < -0.3 is 59.9 Å². The number of hydrogen-bond donors (Lipinski definition) is 11. The lowest BCUT2D eigenvalue weighted by atomic mass is 9.99.